The van der Waals surface area contributed by atoms with Gasteiger partial charge in [0.2, 0.25) is 11.8 Å². The summed E-state index contributed by atoms with van der Waals surface area (Å²) >= 11 is 1.44. The van der Waals surface area contributed by atoms with E-state index in [1.54, 1.807) is 6.20 Å². The van der Waals surface area contributed by atoms with Gasteiger partial charge in [0.1, 0.15) is 13.2 Å². The summed E-state index contributed by atoms with van der Waals surface area (Å²) < 4.78 is 10.9. The lowest BCUT2D eigenvalue weighted by Crippen LogP contribution is -2.29. The van der Waals surface area contributed by atoms with Gasteiger partial charge in [-0.15, -0.1) is 11.8 Å². The minimum Gasteiger partial charge on any atom is -0.473 e. The third kappa shape index (κ3) is 11.4. The molecule has 1 N–H and O–H groups in total. The molecular weight excluding hydrogens is 462 g/mol. The van der Waals surface area contributed by atoms with Crippen molar-refractivity contribution in [2.24, 2.45) is 0 Å². The Kier molecular flexibility index (Phi) is 12.2. The summed E-state index contributed by atoms with van der Waals surface area (Å²) in [4.78, 5) is 30.5. The number of rotatable bonds is 14. The molecule has 188 valence electrons. The fraction of sp³-hybridized carbons (Fsp3) is 0.444. The summed E-state index contributed by atoms with van der Waals surface area (Å²) in [5, 5.41) is 2.84. The Bertz CT molecular complexity index is 933. The predicted octanol–water partition coefficient (Wildman–Crippen LogP) is 3.64. The third-order valence-corrected chi connectivity index (χ3v) is 6.40. The number of benzene rings is 1. The predicted molar refractivity (Wildman–Crippen MR) is 139 cm³/mol. The molecule has 0 atom stereocenters. The van der Waals surface area contributed by atoms with Gasteiger partial charge in [0.25, 0.3) is 0 Å². The number of esters is 1. The number of carbonyl (C=O) groups is 2. The van der Waals surface area contributed by atoms with Crippen LogP contribution in [0, 0.1) is 0 Å². The monoisotopic (exact) mass is 497 g/mol. The average molecular weight is 498 g/mol. The summed E-state index contributed by atoms with van der Waals surface area (Å²) in [6.07, 6.45) is 9.68. The van der Waals surface area contributed by atoms with Crippen LogP contribution in [0.5, 0.6) is 5.88 Å². The number of thioether (sulfide) groups is 1. The van der Waals surface area contributed by atoms with Gasteiger partial charge in [-0.3, -0.25) is 14.5 Å². The first kappa shape index (κ1) is 26.8. The fourth-order valence-electron chi connectivity index (χ4n) is 3.70. The van der Waals surface area contributed by atoms with Gasteiger partial charge in [0.15, 0.2) is 0 Å². The van der Waals surface area contributed by atoms with Gasteiger partial charge in [-0.1, -0.05) is 42.8 Å². The Hall–Kier alpha value is -2.84. The lowest BCUT2D eigenvalue weighted by molar-refractivity contribution is -0.142. The Balaban J connectivity index is 1.19. The minimum atomic E-state index is -0.252. The van der Waals surface area contributed by atoms with E-state index < -0.39 is 0 Å². The lowest BCUT2D eigenvalue weighted by Gasteiger charge is -2.26. The molecule has 0 bridgehead atoms. The number of aromatic nitrogens is 1. The molecule has 1 aliphatic rings. The van der Waals surface area contributed by atoms with Gasteiger partial charge in [-0.25, -0.2) is 4.98 Å². The van der Waals surface area contributed by atoms with Crippen molar-refractivity contribution in [1.29, 1.82) is 0 Å². The van der Waals surface area contributed by atoms with Crippen molar-refractivity contribution in [1.82, 2.24) is 15.2 Å². The Morgan fingerprint density at radius 1 is 1.06 bits per heavy atom. The molecule has 1 aromatic carbocycles. The van der Waals surface area contributed by atoms with Crippen molar-refractivity contribution in [3.05, 3.63) is 71.9 Å². The topological polar surface area (TPSA) is 80.8 Å². The highest BCUT2D eigenvalue weighted by Crippen LogP contribution is 2.15. The maximum absolute atomic E-state index is 11.9. The standard InChI is InChI=1S/C27H35N3O4S/c31-25(22-35-18-17-34-27(32)20-23-9-3-1-4-10-23)28-12-5-8-16-33-26-19-24(11-13-29-26)21-30-14-6-2-7-15-30/h1,3-5,8-11,13,19H,2,6-7,12,14-18,20-22H2,(H,28,31)/b8-5-. The van der Waals surface area contributed by atoms with Crippen molar-refractivity contribution in [3.63, 3.8) is 0 Å². The van der Waals surface area contributed by atoms with Crippen LogP contribution in [-0.2, 0) is 27.3 Å². The first-order valence-electron chi connectivity index (χ1n) is 12.2. The van der Waals surface area contributed by atoms with E-state index in [2.05, 4.69) is 15.2 Å². The smallest absolute Gasteiger partial charge is 0.310 e. The second kappa shape index (κ2) is 15.9. The van der Waals surface area contributed by atoms with Crippen LogP contribution in [0.4, 0.5) is 0 Å². The number of ether oxygens (including phenoxy) is 2. The molecule has 1 fully saturated rings. The number of nitrogens with zero attached hydrogens (tertiary/aromatic N) is 2. The van der Waals surface area contributed by atoms with Crippen molar-refractivity contribution in [3.8, 4) is 5.88 Å². The number of pyridine rings is 1. The molecule has 2 heterocycles. The number of carbonyl (C=O) groups excluding carboxylic acids is 2. The van der Waals surface area contributed by atoms with Crippen LogP contribution in [0.1, 0.15) is 30.4 Å². The maximum Gasteiger partial charge on any atom is 0.310 e. The van der Waals surface area contributed by atoms with E-state index in [9.17, 15) is 9.59 Å². The van der Waals surface area contributed by atoms with E-state index >= 15 is 0 Å². The van der Waals surface area contributed by atoms with E-state index in [0.29, 0.717) is 37.1 Å². The average Bonchev–Trinajstić information content (AvgIpc) is 2.87. The molecular formula is C27H35N3O4S. The summed E-state index contributed by atoms with van der Waals surface area (Å²) in [6.45, 7) is 4.40. The van der Waals surface area contributed by atoms with Gasteiger partial charge < -0.3 is 14.8 Å². The van der Waals surface area contributed by atoms with Crippen LogP contribution in [0.25, 0.3) is 0 Å². The summed E-state index contributed by atoms with van der Waals surface area (Å²) in [5.74, 6) is 1.23. The number of amides is 1. The largest absolute Gasteiger partial charge is 0.473 e. The molecule has 0 unspecified atom stereocenters. The normalized spacial score (nSPS) is 14.1. The molecule has 0 spiro atoms. The summed E-state index contributed by atoms with van der Waals surface area (Å²) in [6, 6.07) is 13.5. The molecule has 1 saturated heterocycles. The van der Waals surface area contributed by atoms with Crippen LogP contribution in [0.3, 0.4) is 0 Å². The summed E-state index contributed by atoms with van der Waals surface area (Å²) in [5.41, 5.74) is 2.15. The fourth-order valence-corrected chi connectivity index (χ4v) is 4.34. The first-order valence-corrected chi connectivity index (χ1v) is 13.3. The molecule has 0 aliphatic carbocycles. The highest BCUT2D eigenvalue weighted by Gasteiger charge is 2.11. The minimum absolute atomic E-state index is 0.0525. The highest BCUT2D eigenvalue weighted by molar-refractivity contribution is 7.99. The second-order valence-corrected chi connectivity index (χ2v) is 9.47. The van der Waals surface area contributed by atoms with E-state index in [1.165, 1.54) is 36.6 Å². The molecule has 35 heavy (non-hydrogen) atoms. The van der Waals surface area contributed by atoms with Crippen LogP contribution >= 0.6 is 11.8 Å². The molecule has 3 rings (SSSR count). The number of piperidine rings is 1. The molecule has 1 aliphatic heterocycles. The van der Waals surface area contributed by atoms with Crippen LogP contribution < -0.4 is 10.1 Å². The molecule has 0 radical (unpaired) electrons. The van der Waals surface area contributed by atoms with E-state index in [0.717, 1.165) is 25.2 Å². The molecule has 0 saturated carbocycles. The number of hydrogen-bond donors (Lipinski definition) is 1. The van der Waals surface area contributed by atoms with Crippen molar-refractivity contribution in [2.45, 2.75) is 32.2 Å². The van der Waals surface area contributed by atoms with E-state index in [1.807, 2.05) is 54.6 Å². The molecule has 7 nitrogen and oxygen atoms in total. The van der Waals surface area contributed by atoms with E-state index in [-0.39, 0.29) is 18.3 Å². The van der Waals surface area contributed by atoms with E-state index in [4.69, 9.17) is 9.47 Å². The molecule has 2 aromatic rings. The zero-order valence-electron chi connectivity index (χ0n) is 20.2. The Morgan fingerprint density at radius 3 is 2.71 bits per heavy atom. The van der Waals surface area contributed by atoms with Crippen molar-refractivity contribution >= 4 is 23.6 Å². The Labute approximate surface area is 212 Å². The van der Waals surface area contributed by atoms with Crippen LogP contribution in [-0.4, -0.2) is 66.1 Å². The second-order valence-electron chi connectivity index (χ2n) is 8.36. The number of nitrogens with one attached hydrogen (secondary N) is 1. The van der Waals surface area contributed by atoms with Gasteiger partial charge in [-0.2, -0.15) is 0 Å². The van der Waals surface area contributed by atoms with Gasteiger partial charge in [-0.05, 0) is 49.2 Å². The van der Waals surface area contributed by atoms with Gasteiger partial charge >= 0.3 is 5.97 Å². The highest BCUT2D eigenvalue weighted by atomic mass is 32.2. The maximum atomic E-state index is 11.9. The number of likely N-dealkylation sites (tertiary alicyclic amines) is 1. The van der Waals surface area contributed by atoms with Crippen molar-refractivity contribution < 1.29 is 19.1 Å². The zero-order chi connectivity index (χ0) is 24.6. The quantitative estimate of drug-likeness (QED) is 0.242. The van der Waals surface area contributed by atoms with Crippen LogP contribution in [0.15, 0.2) is 60.8 Å². The molecule has 8 heteroatoms. The third-order valence-electron chi connectivity index (χ3n) is 5.48. The molecule has 1 amide bonds. The van der Waals surface area contributed by atoms with Gasteiger partial charge in [0.05, 0.1) is 12.2 Å². The SMILES string of the molecule is O=C(CSCCOC(=O)Cc1ccccc1)NC/C=C\COc1cc(CN2CCCCC2)ccn1. The van der Waals surface area contributed by atoms with Crippen molar-refractivity contribution in [2.75, 3.05) is 44.4 Å². The number of hydrogen-bond acceptors (Lipinski definition) is 7. The molecule has 1 aromatic heterocycles. The first-order chi connectivity index (χ1) is 17.2. The zero-order valence-corrected chi connectivity index (χ0v) is 21.0. The lowest BCUT2D eigenvalue weighted by atomic mass is 10.1. The summed E-state index contributed by atoms with van der Waals surface area (Å²) in [7, 11) is 0. The van der Waals surface area contributed by atoms with Gasteiger partial charge in [0, 0.05) is 31.1 Å². The van der Waals surface area contributed by atoms with Crippen LogP contribution in [0.2, 0.25) is 0 Å². The Morgan fingerprint density at radius 2 is 1.89 bits per heavy atom.